The maximum absolute atomic E-state index is 6.01. The highest BCUT2D eigenvalue weighted by molar-refractivity contribution is 5.01. The van der Waals surface area contributed by atoms with Gasteiger partial charge < -0.3 is 15.2 Å². The first-order chi connectivity index (χ1) is 7.73. The van der Waals surface area contributed by atoms with E-state index in [-0.39, 0.29) is 11.6 Å². The van der Waals surface area contributed by atoms with Crippen molar-refractivity contribution in [2.75, 3.05) is 32.8 Å². The number of nitrogens with zero attached hydrogens (tertiary/aromatic N) is 1. The van der Waals surface area contributed by atoms with Crippen LogP contribution in [0.4, 0.5) is 0 Å². The van der Waals surface area contributed by atoms with E-state index < -0.39 is 0 Å². The third-order valence-corrected chi connectivity index (χ3v) is 4.24. The molecular formula is C12H24N2O2. The molecule has 0 bridgehead atoms. The zero-order valence-electron chi connectivity index (χ0n) is 10.4. The molecule has 0 aromatic carbocycles. The summed E-state index contributed by atoms with van der Waals surface area (Å²) in [5.74, 6) is 0. The van der Waals surface area contributed by atoms with Gasteiger partial charge in [0, 0.05) is 26.2 Å². The zero-order chi connectivity index (χ0) is 11.6. The second kappa shape index (κ2) is 5.00. The fourth-order valence-corrected chi connectivity index (χ4v) is 2.95. The summed E-state index contributed by atoms with van der Waals surface area (Å²) in [4.78, 5) is 2.50. The Morgan fingerprint density at radius 2 is 2.19 bits per heavy atom. The Labute approximate surface area is 98.1 Å². The fourth-order valence-electron chi connectivity index (χ4n) is 2.95. The topological polar surface area (TPSA) is 47.7 Å². The molecule has 0 aliphatic carbocycles. The summed E-state index contributed by atoms with van der Waals surface area (Å²) < 4.78 is 11.4. The van der Waals surface area contributed by atoms with Gasteiger partial charge in [-0.1, -0.05) is 6.92 Å². The van der Waals surface area contributed by atoms with Crippen LogP contribution in [0.15, 0.2) is 0 Å². The molecule has 0 amide bonds. The van der Waals surface area contributed by atoms with E-state index in [4.69, 9.17) is 15.2 Å². The molecule has 0 aromatic rings. The Bertz CT molecular complexity index is 237. The molecule has 0 radical (unpaired) electrons. The molecule has 2 saturated heterocycles. The average Bonchev–Trinajstić information content (AvgIpc) is 2.71. The van der Waals surface area contributed by atoms with E-state index in [1.165, 1.54) is 0 Å². The third kappa shape index (κ3) is 1.99. The van der Waals surface area contributed by atoms with Crippen LogP contribution in [0.2, 0.25) is 0 Å². The summed E-state index contributed by atoms with van der Waals surface area (Å²) in [5, 5.41) is 0. The van der Waals surface area contributed by atoms with Crippen LogP contribution in [0.25, 0.3) is 0 Å². The van der Waals surface area contributed by atoms with E-state index in [0.29, 0.717) is 12.6 Å². The zero-order valence-corrected chi connectivity index (χ0v) is 10.4. The molecular weight excluding hydrogens is 204 g/mol. The minimum absolute atomic E-state index is 0.0528. The number of ether oxygens (including phenoxy) is 2. The highest BCUT2D eigenvalue weighted by atomic mass is 16.5. The van der Waals surface area contributed by atoms with Crippen LogP contribution in [-0.2, 0) is 9.47 Å². The van der Waals surface area contributed by atoms with Crippen molar-refractivity contribution >= 4 is 0 Å². The number of hydrogen-bond acceptors (Lipinski definition) is 4. The first-order valence-electron chi connectivity index (χ1n) is 6.41. The van der Waals surface area contributed by atoms with Crippen LogP contribution in [-0.4, -0.2) is 55.5 Å². The molecule has 2 fully saturated rings. The molecule has 2 aliphatic rings. The summed E-state index contributed by atoms with van der Waals surface area (Å²) in [6.07, 6.45) is 2.74. The molecule has 2 N–H and O–H groups in total. The van der Waals surface area contributed by atoms with E-state index in [1.54, 1.807) is 0 Å². The maximum atomic E-state index is 6.01. The minimum atomic E-state index is 0.0528. The van der Waals surface area contributed by atoms with Crippen LogP contribution in [0.3, 0.4) is 0 Å². The Kier molecular flexibility index (Phi) is 3.85. The summed E-state index contributed by atoms with van der Waals surface area (Å²) in [7, 11) is 0. The first kappa shape index (κ1) is 12.3. The lowest BCUT2D eigenvalue weighted by atomic mass is 9.89. The van der Waals surface area contributed by atoms with Crippen molar-refractivity contribution in [2.24, 2.45) is 5.73 Å². The lowest BCUT2D eigenvalue weighted by Gasteiger charge is -2.46. The SMILES string of the molecule is CCC1CN(C2(CN)CCOC2C)CCO1. The Balaban J connectivity index is 2.08. The Hall–Kier alpha value is -0.160. The van der Waals surface area contributed by atoms with E-state index in [2.05, 4.69) is 18.7 Å². The van der Waals surface area contributed by atoms with Gasteiger partial charge >= 0.3 is 0 Å². The van der Waals surface area contributed by atoms with Crippen molar-refractivity contribution in [1.29, 1.82) is 0 Å². The molecule has 3 unspecified atom stereocenters. The van der Waals surface area contributed by atoms with Gasteiger partial charge in [-0.15, -0.1) is 0 Å². The number of nitrogens with two attached hydrogens (primary N) is 1. The Morgan fingerprint density at radius 3 is 2.75 bits per heavy atom. The predicted molar refractivity (Wildman–Crippen MR) is 63.4 cm³/mol. The average molecular weight is 228 g/mol. The van der Waals surface area contributed by atoms with E-state index in [9.17, 15) is 0 Å². The van der Waals surface area contributed by atoms with E-state index >= 15 is 0 Å². The summed E-state index contributed by atoms with van der Waals surface area (Å²) in [6, 6.07) is 0. The molecule has 0 aromatic heterocycles. The smallest absolute Gasteiger partial charge is 0.0743 e. The van der Waals surface area contributed by atoms with Crippen LogP contribution in [0, 0.1) is 0 Å². The third-order valence-electron chi connectivity index (χ3n) is 4.24. The van der Waals surface area contributed by atoms with Crippen LogP contribution < -0.4 is 5.73 Å². The molecule has 2 rings (SSSR count). The van der Waals surface area contributed by atoms with Crippen LogP contribution >= 0.6 is 0 Å². The highest BCUT2D eigenvalue weighted by Crippen LogP contribution is 2.32. The van der Waals surface area contributed by atoms with E-state index in [1.807, 2.05) is 0 Å². The number of hydrogen-bond donors (Lipinski definition) is 1. The normalized spacial score (nSPS) is 41.4. The summed E-state index contributed by atoms with van der Waals surface area (Å²) in [5.41, 5.74) is 6.07. The van der Waals surface area contributed by atoms with Crippen molar-refractivity contribution in [1.82, 2.24) is 4.90 Å². The molecule has 16 heavy (non-hydrogen) atoms. The standard InChI is InChI=1S/C12H24N2O2/c1-3-11-8-14(5-7-16-11)12(9-13)4-6-15-10(12)2/h10-11H,3-9,13H2,1-2H3. The molecule has 94 valence electrons. The predicted octanol–water partition coefficient (Wildman–Crippen LogP) is 0.604. The van der Waals surface area contributed by atoms with Gasteiger partial charge in [-0.05, 0) is 19.8 Å². The first-order valence-corrected chi connectivity index (χ1v) is 6.41. The fraction of sp³-hybridized carbons (Fsp3) is 1.00. The van der Waals surface area contributed by atoms with Gasteiger partial charge in [0.2, 0.25) is 0 Å². The summed E-state index contributed by atoms with van der Waals surface area (Å²) in [6.45, 7) is 8.67. The van der Waals surface area contributed by atoms with E-state index in [0.717, 1.165) is 39.1 Å². The van der Waals surface area contributed by atoms with Gasteiger partial charge in [0.25, 0.3) is 0 Å². The molecule has 2 heterocycles. The van der Waals surface area contributed by atoms with Crippen LogP contribution in [0.5, 0.6) is 0 Å². The van der Waals surface area contributed by atoms with Crippen molar-refractivity contribution in [3.8, 4) is 0 Å². The second-order valence-electron chi connectivity index (χ2n) is 4.92. The molecule has 2 aliphatic heterocycles. The quantitative estimate of drug-likeness (QED) is 0.768. The molecule has 0 saturated carbocycles. The number of morpholine rings is 1. The van der Waals surface area contributed by atoms with Crippen molar-refractivity contribution in [2.45, 2.75) is 44.4 Å². The van der Waals surface area contributed by atoms with Gasteiger partial charge in [-0.2, -0.15) is 0 Å². The van der Waals surface area contributed by atoms with Crippen molar-refractivity contribution < 1.29 is 9.47 Å². The summed E-state index contributed by atoms with van der Waals surface area (Å²) >= 11 is 0. The second-order valence-corrected chi connectivity index (χ2v) is 4.92. The van der Waals surface area contributed by atoms with Crippen molar-refractivity contribution in [3.05, 3.63) is 0 Å². The van der Waals surface area contributed by atoms with Gasteiger partial charge in [-0.3, -0.25) is 4.90 Å². The van der Waals surface area contributed by atoms with Gasteiger partial charge in [0.1, 0.15) is 0 Å². The monoisotopic (exact) mass is 228 g/mol. The van der Waals surface area contributed by atoms with Gasteiger partial charge in [0.15, 0.2) is 0 Å². The van der Waals surface area contributed by atoms with Gasteiger partial charge in [-0.25, -0.2) is 0 Å². The molecule has 3 atom stereocenters. The van der Waals surface area contributed by atoms with Crippen molar-refractivity contribution in [3.63, 3.8) is 0 Å². The lowest BCUT2D eigenvalue weighted by molar-refractivity contribution is -0.0840. The maximum Gasteiger partial charge on any atom is 0.0743 e. The molecule has 4 nitrogen and oxygen atoms in total. The lowest BCUT2D eigenvalue weighted by Crippen LogP contribution is -2.62. The number of rotatable bonds is 3. The minimum Gasteiger partial charge on any atom is -0.376 e. The largest absolute Gasteiger partial charge is 0.376 e. The van der Waals surface area contributed by atoms with Gasteiger partial charge in [0.05, 0.1) is 24.4 Å². The Morgan fingerprint density at radius 1 is 1.38 bits per heavy atom. The highest BCUT2D eigenvalue weighted by Gasteiger charge is 2.46. The molecule has 0 spiro atoms. The van der Waals surface area contributed by atoms with Crippen LogP contribution in [0.1, 0.15) is 26.7 Å². The molecule has 4 heteroatoms.